The van der Waals surface area contributed by atoms with Gasteiger partial charge in [0.2, 0.25) is 0 Å². The Bertz CT molecular complexity index is 1200. The first-order chi connectivity index (χ1) is 14.3. The van der Waals surface area contributed by atoms with Gasteiger partial charge in [-0.25, -0.2) is 8.42 Å². The molecule has 1 aliphatic heterocycles. The van der Waals surface area contributed by atoms with Crippen LogP contribution in [-0.2, 0) is 16.4 Å². The molecule has 1 saturated heterocycles. The molecule has 1 aliphatic rings. The molecule has 0 aliphatic carbocycles. The van der Waals surface area contributed by atoms with Crippen molar-refractivity contribution in [3.8, 4) is 0 Å². The third-order valence-electron chi connectivity index (χ3n) is 5.55. The van der Waals surface area contributed by atoms with E-state index in [4.69, 9.17) is 0 Å². The number of nitro benzene ring substituents is 1. The molecule has 0 atom stereocenters. The van der Waals surface area contributed by atoms with Crippen molar-refractivity contribution in [3.63, 3.8) is 0 Å². The van der Waals surface area contributed by atoms with Gasteiger partial charge in [-0.15, -0.1) is 0 Å². The maximum absolute atomic E-state index is 12.0. The largest absolute Gasteiger partial charge is 0.363 e. The molecule has 156 valence electrons. The Labute approximate surface area is 175 Å². The highest BCUT2D eigenvalue weighted by molar-refractivity contribution is 7.90. The normalized spacial score (nSPS) is 15.4. The molecule has 4 rings (SSSR count). The molecule has 3 aromatic carbocycles. The highest BCUT2D eigenvalue weighted by atomic mass is 32.2. The molecule has 0 bridgehead atoms. The second-order valence-electron chi connectivity index (χ2n) is 7.55. The number of hydrogen-bond donors (Lipinski definition) is 0. The first-order valence-corrected chi connectivity index (χ1v) is 11.6. The van der Waals surface area contributed by atoms with Gasteiger partial charge in [0, 0.05) is 39.0 Å². The van der Waals surface area contributed by atoms with Crippen molar-refractivity contribution in [2.75, 3.05) is 37.3 Å². The summed E-state index contributed by atoms with van der Waals surface area (Å²) >= 11 is 0. The van der Waals surface area contributed by atoms with Crippen molar-refractivity contribution in [1.82, 2.24) is 4.90 Å². The van der Waals surface area contributed by atoms with Gasteiger partial charge in [-0.1, -0.05) is 48.5 Å². The van der Waals surface area contributed by atoms with Crippen molar-refractivity contribution in [2.24, 2.45) is 0 Å². The molecule has 30 heavy (non-hydrogen) atoms. The highest BCUT2D eigenvalue weighted by Gasteiger charge is 2.30. The second-order valence-corrected chi connectivity index (χ2v) is 9.54. The first-order valence-electron chi connectivity index (χ1n) is 9.76. The van der Waals surface area contributed by atoms with Crippen LogP contribution in [0.15, 0.2) is 65.6 Å². The fourth-order valence-corrected chi connectivity index (χ4v) is 4.92. The molecular formula is C22H23N3O4S. The minimum atomic E-state index is -3.69. The van der Waals surface area contributed by atoms with E-state index in [1.165, 1.54) is 22.4 Å². The van der Waals surface area contributed by atoms with Crippen molar-refractivity contribution in [1.29, 1.82) is 0 Å². The van der Waals surface area contributed by atoms with Gasteiger partial charge in [-0.3, -0.25) is 15.0 Å². The average Bonchev–Trinajstić information content (AvgIpc) is 2.73. The number of para-hydroxylation sites is 1. The van der Waals surface area contributed by atoms with Crippen molar-refractivity contribution < 1.29 is 13.3 Å². The van der Waals surface area contributed by atoms with Crippen molar-refractivity contribution in [3.05, 3.63) is 76.3 Å². The molecule has 0 unspecified atom stereocenters. The monoisotopic (exact) mass is 425 g/mol. The minimum Gasteiger partial charge on any atom is -0.363 e. The fourth-order valence-electron chi connectivity index (χ4n) is 4.07. The summed E-state index contributed by atoms with van der Waals surface area (Å²) in [7, 11) is -3.69. The number of nitro groups is 1. The molecule has 0 amide bonds. The van der Waals surface area contributed by atoms with Gasteiger partial charge in [0.15, 0.2) is 9.84 Å². The molecule has 0 radical (unpaired) electrons. The molecule has 3 aromatic rings. The molecule has 1 fully saturated rings. The number of fused-ring (bicyclic) bond motifs is 1. The number of rotatable bonds is 5. The molecule has 0 N–H and O–H groups in total. The Kier molecular flexibility index (Phi) is 5.44. The van der Waals surface area contributed by atoms with Crippen molar-refractivity contribution in [2.45, 2.75) is 11.4 Å². The number of nitrogens with zero attached hydrogens (tertiary/aromatic N) is 3. The lowest BCUT2D eigenvalue weighted by atomic mass is 10.0. The smallest absolute Gasteiger partial charge is 0.311 e. The van der Waals surface area contributed by atoms with E-state index >= 15 is 0 Å². The number of hydrogen-bond acceptors (Lipinski definition) is 6. The standard InChI is InChI=1S/C22H23N3O4S/c1-30(28,29)21-11-5-10-20(22(21)25(26)27)24-14-12-23(13-15-24)16-18-8-4-7-17-6-2-3-9-19(17)18/h2-11H,12-16H2,1H3. The molecule has 0 spiro atoms. The van der Waals surface area contributed by atoms with Crippen LogP contribution in [0, 0.1) is 10.1 Å². The summed E-state index contributed by atoms with van der Waals surface area (Å²) in [6.45, 7) is 3.48. The Morgan fingerprint density at radius 2 is 1.60 bits per heavy atom. The van der Waals surface area contributed by atoms with E-state index in [0.717, 1.165) is 25.9 Å². The lowest BCUT2D eigenvalue weighted by Crippen LogP contribution is -2.46. The first kappa shape index (κ1) is 20.3. The molecule has 8 heteroatoms. The average molecular weight is 426 g/mol. The van der Waals surface area contributed by atoms with Gasteiger partial charge < -0.3 is 4.90 Å². The maximum Gasteiger partial charge on any atom is 0.311 e. The van der Waals surface area contributed by atoms with Gasteiger partial charge in [0.05, 0.1) is 4.92 Å². The predicted molar refractivity (Wildman–Crippen MR) is 118 cm³/mol. The topological polar surface area (TPSA) is 83.8 Å². The van der Waals surface area contributed by atoms with Gasteiger partial charge >= 0.3 is 5.69 Å². The summed E-state index contributed by atoms with van der Waals surface area (Å²) in [6, 6.07) is 19.1. The van der Waals surface area contributed by atoms with Crippen LogP contribution < -0.4 is 4.90 Å². The third kappa shape index (κ3) is 4.01. The van der Waals surface area contributed by atoms with Crippen LogP contribution in [0.25, 0.3) is 10.8 Å². The SMILES string of the molecule is CS(=O)(=O)c1cccc(N2CCN(Cc3cccc4ccccc34)CC2)c1[N+](=O)[O-]. The Morgan fingerprint density at radius 3 is 2.30 bits per heavy atom. The van der Waals surface area contributed by atoms with Crippen LogP contribution >= 0.6 is 0 Å². The zero-order valence-corrected chi connectivity index (χ0v) is 17.5. The lowest BCUT2D eigenvalue weighted by Gasteiger charge is -2.36. The Balaban J connectivity index is 1.53. The van der Waals surface area contributed by atoms with E-state index in [-0.39, 0.29) is 10.6 Å². The third-order valence-corrected chi connectivity index (χ3v) is 6.67. The fraction of sp³-hybridized carbons (Fsp3) is 0.273. The highest BCUT2D eigenvalue weighted by Crippen LogP contribution is 2.35. The summed E-state index contributed by atoms with van der Waals surface area (Å²) < 4.78 is 24.0. The maximum atomic E-state index is 12.0. The van der Waals surface area contributed by atoms with Gasteiger partial charge in [-0.05, 0) is 28.5 Å². The number of benzene rings is 3. The van der Waals surface area contributed by atoms with E-state index in [9.17, 15) is 18.5 Å². The predicted octanol–water partition coefficient (Wildman–Crippen LogP) is 3.47. The summed E-state index contributed by atoms with van der Waals surface area (Å²) in [4.78, 5) is 15.1. The minimum absolute atomic E-state index is 0.233. The van der Waals surface area contributed by atoms with E-state index < -0.39 is 14.8 Å². The molecule has 7 nitrogen and oxygen atoms in total. The van der Waals surface area contributed by atoms with E-state index in [2.05, 4.69) is 35.2 Å². The summed E-state index contributed by atoms with van der Waals surface area (Å²) in [5.74, 6) is 0. The number of anilines is 1. The van der Waals surface area contributed by atoms with Crippen molar-refractivity contribution >= 4 is 32.0 Å². The molecule has 0 aromatic heterocycles. The summed E-state index contributed by atoms with van der Waals surface area (Å²) in [6.07, 6.45) is 1.00. The van der Waals surface area contributed by atoms with Crippen LogP contribution in [0.4, 0.5) is 11.4 Å². The van der Waals surface area contributed by atoms with Crippen LogP contribution in [0.1, 0.15) is 5.56 Å². The van der Waals surface area contributed by atoms with Crippen LogP contribution in [-0.4, -0.2) is 50.7 Å². The van der Waals surface area contributed by atoms with Crippen LogP contribution in [0.3, 0.4) is 0 Å². The summed E-state index contributed by atoms with van der Waals surface area (Å²) in [5.41, 5.74) is 1.29. The number of sulfone groups is 1. The lowest BCUT2D eigenvalue weighted by molar-refractivity contribution is -0.387. The Morgan fingerprint density at radius 1 is 0.933 bits per heavy atom. The number of piperazine rings is 1. The van der Waals surface area contributed by atoms with Gasteiger partial charge in [0.1, 0.15) is 10.6 Å². The van der Waals surface area contributed by atoms with E-state index in [0.29, 0.717) is 18.8 Å². The molecule has 1 heterocycles. The van der Waals surface area contributed by atoms with Gasteiger partial charge in [-0.2, -0.15) is 0 Å². The van der Waals surface area contributed by atoms with E-state index in [1.807, 2.05) is 17.0 Å². The zero-order chi connectivity index (χ0) is 21.3. The van der Waals surface area contributed by atoms with Crippen LogP contribution in [0.5, 0.6) is 0 Å². The summed E-state index contributed by atoms with van der Waals surface area (Å²) in [5, 5.41) is 14.1. The quantitative estimate of drug-likeness (QED) is 0.460. The second kappa shape index (κ2) is 8.04. The molecule has 0 saturated carbocycles. The van der Waals surface area contributed by atoms with Gasteiger partial charge in [0.25, 0.3) is 0 Å². The molecular weight excluding hydrogens is 402 g/mol. The Hall–Kier alpha value is -2.97. The van der Waals surface area contributed by atoms with Crippen LogP contribution in [0.2, 0.25) is 0 Å². The van der Waals surface area contributed by atoms with E-state index in [1.54, 1.807) is 12.1 Å². The zero-order valence-electron chi connectivity index (χ0n) is 16.7.